The summed E-state index contributed by atoms with van der Waals surface area (Å²) >= 11 is 0. The van der Waals surface area contributed by atoms with Crippen LogP contribution in [0.4, 0.5) is 0 Å². The molecule has 0 spiro atoms. The lowest BCUT2D eigenvalue weighted by atomic mass is 10.1. The molecule has 5 nitrogen and oxygen atoms in total. The number of rotatable bonds is 4. The van der Waals surface area contributed by atoms with E-state index in [2.05, 4.69) is 15.3 Å². The van der Waals surface area contributed by atoms with E-state index < -0.39 is 0 Å². The summed E-state index contributed by atoms with van der Waals surface area (Å²) in [6.45, 7) is 4.61. The molecule has 0 bridgehead atoms. The number of carbonyl (C=O) groups excluding carboxylic acids is 1. The van der Waals surface area contributed by atoms with Crippen molar-refractivity contribution in [2.24, 2.45) is 11.7 Å². The molecule has 4 N–H and O–H groups in total. The minimum Gasteiger partial charge on any atom is -0.352 e. The summed E-state index contributed by atoms with van der Waals surface area (Å²) in [7, 11) is 0. The second-order valence-electron chi connectivity index (χ2n) is 4.53. The number of hydrogen-bond donors (Lipinski definition) is 3. The van der Waals surface area contributed by atoms with Gasteiger partial charge in [-0.3, -0.25) is 4.79 Å². The molecule has 2 rings (SSSR count). The third-order valence-electron chi connectivity index (χ3n) is 2.93. The maximum absolute atomic E-state index is 11.6. The van der Waals surface area contributed by atoms with E-state index in [4.69, 9.17) is 5.73 Å². The van der Waals surface area contributed by atoms with E-state index in [1.54, 1.807) is 0 Å². The van der Waals surface area contributed by atoms with Crippen LogP contribution in [0.1, 0.15) is 18.3 Å². The Bertz CT molecular complexity index is 561. The number of aromatic nitrogens is 2. The molecule has 1 heterocycles. The molecule has 0 fully saturated rings. The maximum atomic E-state index is 11.6. The minimum absolute atomic E-state index is 0.0154. The van der Waals surface area contributed by atoms with Gasteiger partial charge >= 0.3 is 0 Å². The molecule has 1 aromatic carbocycles. The number of nitrogens with zero attached hydrogens (tertiary/aromatic N) is 1. The second kappa shape index (κ2) is 5.18. The van der Waals surface area contributed by atoms with Gasteiger partial charge in [0, 0.05) is 19.0 Å². The van der Waals surface area contributed by atoms with Crippen LogP contribution in [0, 0.1) is 12.8 Å². The van der Waals surface area contributed by atoms with Crippen LogP contribution in [-0.2, 0) is 11.3 Å². The summed E-state index contributed by atoms with van der Waals surface area (Å²) < 4.78 is 0. The Morgan fingerprint density at radius 2 is 2.33 bits per heavy atom. The van der Waals surface area contributed by atoms with Gasteiger partial charge in [-0.1, -0.05) is 13.0 Å². The number of amides is 1. The monoisotopic (exact) mass is 246 g/mol. The van der Waals surface area contributed by atoms with Crippen LogP contribution in [0.25, 0.3) is 11.0 Å². The highest BCUT2D eigenvalue weighted by molar-refractivity contribution is 5.79. The van der Waals surface area contributed by atoms with Crippen LogP contribution in [0.5, 0.6) is 0 Å². The number of nitrogens with two attached hydrogens (primary N) is 1. The van der Waals surface area contributed by atoms with Gasteiger partial charge in [0.2, 0.25) is 5.91 Å². The van der Waals surface area contributed by atoms with E-state index in [-0.39, 0.29) is 11.8 Å². The molecule has 1 aromatic heterocycles. The number of fused-ring (bicyclic) bond motifs is 1. The fourth-order valence-electron chi connectivity index (χ4n) is 1.76. The van der Waals surface area contributed by atoms with Crippen molar-refractivity contribution < 1.29 is 4.79 Å². The van der Waals surface area contributed by atoms with Gasteiger partial charge in [-0.2, -0.15) is 0 Å². The molecule has 1 amide bonds. The average molecular weight is 246 g/mol. The van der Waals surface area contributed by atoms with E-state index in [1.807, 2.05) is 32.0 Å². The van der Waals surface area contributed by atoms with Crippen molar-refractivity contribution in [3.8, 4) is 0 Å². The van der Waals surface area contributed by atoms with Crippen molar-refractivity contribution in [1.29, 1.82) is 0 Å². The van der Waals surface area contributed by atoms with Crippen molar-refractivity contribution in [3.63, 3.8) is 0 Å². The quantitative estimate of drug-likeness (QED) is 0.755. The first kappa shape index (κ1) is 12.6. The number of imidazole rings is 1. The maximum Gasteiger partial charge on any atom is 0.224 e. The Morgan fingerprint density at radius 3 is 3.06 bits per heavy atom. The number of hydrogen-bond acceptors (Lipinski definition) is 3. The lowest BCUT2D eigenvalue weighted by molar-refractivity contribution is -0.124. The van der Waals surface area contributed by atoms with Crippen molar-refractivity contribution in [2.45, 2.75) is 20.4 Å². The van der Waals surface area contributed by atoms with Crippen molar-refractivity contribution in [3.05, 3.63) is 29.6 Å². The van der Waals surface area contributed by atoms with Crippen LogP contribution >= 0.6 is 0 Å². The highest BCUT2D eigenvalue weighted by atomic mass is 16.1. The zero-order valence-corrected chi connectivity index (χ0v) is 10.7. The highest BCUT2D eigenvalue weighted by Gasteiger charge is 2.10. The van der Waals surface area contributed by atoms with E-state index in [0.717, 1.165) is 22.4 Å². The van der Waals surface area contributed by atoms with Crippen LogP contribution in [-0.4, -0.2) is 22.4 Å². The molecule has 96 valence electrons. The molecule has 0 aliphatic heterocycles. The molecule has 1 unspecified atom stereocenters. The number of aryl methyl sites for hydroxylation is 1. The second-order valence-corrected chi connectivity index (χ2v) is 4.53. The predicted octanol–water partition coefficient (Wildman–Crippen LogP) is 1.08. The number of aromatic amines is 1. The largest absolute Gasteiger partial charge is 0.352 e. The summed E-state index contributed by atoms with van der Waals surface area (Å²) in [6, 6.07) is 5.92. The van der Waals surface area contributed by atoms with E-state index in [1.165, 1.54) is 0 Å². The predicted molar refractivity (Wildman–Crippen MR) is 70.9 cm³/mol. The fraction of sp³-hybridized carbons (Fsp3) is 0.385. The van der Waals surface area contributed by atoms with E-state index in [9.17, 15) is 4.79 Å². The summed E-state index contributed by atoms with van der Waals surface area (Å²) in [5.74, 6) is 0.726. The highest BCUT2D eigenvalue weighted by Crippen LogP contribution is 2.13. The van der Waals surface area contributed by atoms with Gasteiger partial charge in [0.1, 0.15) is 5.82 Å². The molecule has 0 saturated carbocycles. The molecule has 0 aliphatic carbocycles. The normalized spacial score (nSPS) is 12.6. The standard InChI is InChI=1S/C13H18N4O/c1-8(6-14)13(18)15-7-10-3-4-11-12(5-10)17-9(2)16-11/h3-5,8H,6-7,14H2,1-2H3,(H,15,18)(H,16,17). The summed E-state index contributed by atoms with van der Waals surface area (Å²) in [5, 5.41) is 2.87. The zero-order valence-electron chi connectivity index (χ0n) is 10.7. The first-order valence-corrected chi connectivity index (χ1v) is 6.03. The van der Waals surface area contributed by atoms with Crippen molar-refractivity contribution >= 4 is 16.9 Å². The molecule has 0 aliphatic rings. The molecule has 0 saturated heterocycles. The summed E-state index contributed by atoms with van der Waals surface area (Å²) in [5.41, 5.74) is 8.42. The Kier molecular flexibility index (Phi) is 3.62. The van der Waals surface area contributed by atoms with E-state index >= 15 is 0 Å². The van der Waals surface area contributed by atoms with Crippen molar-refractivity contribution in [2.75, 3.05) is 6.54 Å². The van der Waals surface area contributed by atoms with Gasteiger partial charge in [0.05, 0.1) is 11.0 Å². The van der Waals surface area contributed by atoms with Gasteiger partial charge in [-0.25, -0.2) is 4.98 Å². The van der Waals surface area contributed by atoms with Crippen LogP contribution in [0.15, 0.2) is 18.2 Å². The van der Waals surface area contributed by atoms with Gasteiger partial charge in [-0.05, 0) is 24.6 Å². The van der Waals surface area contributed by atoms with Crippen molar-refractivity contribution in [1.82, 2.24) is 15.3 Å². The molecule has 5 heteroatoms. The van der Waals surface area contributed by atoms with Crippen LogP contribution in [0.3, 0.4) is 0 Å². The lowest BCUT2D eigenvalue weighted by Crippen LogP contribution is -2.32. The molecular weight excluding hydrogens is 228 g/mol. The van der Waals surface area contributed by atoms with Crippen LogP contribution < -0.4 is 11.1 Å². The minimum atomic E-state index is -0.150. The Morgan fingerprint density at radius 1 is 1.56 bits per heavy atom. The number of benzene rings is 1. The number of nitrogens with one attached hydrogen (secondary N) is 2. The zero-order chi connectivity index (χ0) is 13.1. The molecule has 18 heavy (non-hydrogen) atoms. The van der Waals surface area contributed by atoms with Gasteiger partial charge in [0.25, 0.3) is 0 Å². The SMILES string of the molecule is Cc1nc2ccc(CNC(=O)C(C)CN)cc2[nH]1. The van der Waals surface area contributed by atoms with Gasteiger partial charge < -0.3 is 16.0 Å². The van der Waals surface area contributed by atoms with Gasteiger partial charge in [0.15, 0.2) is 0 Å². The Hall–Kier alpha value is -1.88. The van der Waals surface area contributed by atoms with Gasteiger partial charge in [-0.15, -0.1) is 0 Å². The van der Waals surface area contributed by atoms with E-state index in [0.29, 0.717) is 13.1 Å². The Balaban J connectivity index is 2.05. The first-order chi connectivity index (χ1) is 8.60. The lowest BCUT2D eigenvalue weighted by Gasteiger charge is -2.09. The molecule has 2 aromatic rings. The third-order valence-corrected chi connectivity index (χ3v) is 2.93. The Labute approximate surface area is 106 Å². The first-order valence-electron chi connectivity index (χ1n) is 6.03. The summed E-state index contributed by atoms with van der Waals surface area (Å²) in [6.07, 6.45) is 0. The molecule has 1 atom stereocenters. The molecular formula is C13H18N4O. The summed E-state index contributed by atoms with van der Waals surface area (Å²) in [4.78, 5) is 19.1. The third kappa shape index (κ3) is 2.68. The topological polar surface area (TPSA) is 83.8 Å². The number of H-pyrrole nitrogens is 1. The molecule has 0 radical (unpaired) electrons. The smallest absolute Gasteiger partial charge is 0.224 e. The average Bonchev–Trinajstić information content (AvgIpc) is 2.74. The number of carbonyl (C=O) groups is 1. The van der Waals surface area contributed by atoms with Crippen LogP contribution in [0.2, 0.25) is 0 Å². The fourth-order valence-corrected chi connectivity index (χ4v) is 1.76.